The Hall–Kier alpha value is -1.76. The van der Waals surface area contributed by atoms with Crippen molar-refractivity contribution in [2.75, 3.05) is 0 Å². The molecule has 4 rings (SSSR count). The second kappa shape index (κ2) is 3.63. The van der Waals surface area contributed by atoms with E-state index >= 15 is 0 Å². The second-order valence-electron chi connectivity index (χ2n) is 4.94. The van der Waals surface area contributed by atoms with Gasteiger partial charge in [0, 0.05) is 5.92 Å². The summed E-state index contributed by atoms with van der Waals surface area (Å²) in [7, 11) is -4.90. The number of carbonyl (C=O) groups is 2. The van der Waals surface area contributed by atoms with Crippen molar-refractivity contribution in [1.29, 1.82) is 0 Å². The predicted octanol–water partition coefficient (Wildman–Crippen LogP) is 0.649. The van der Waals surface area contributed by atoms with Crippen LogP contribution in [0.1, 0.15) is 18.4 Å². The fourth-order valence-electron chi connectivity index (χ4n) is 2.90. The van der Waals surface area contributed by atoms with Crippen LogP contribution < -0.4 is 5.32 Å². The highest BCUT2D eigenvalue weighted by Crippen LogP contribution is 2.52. The number of rotatable bonds is 2. The summed E-state index contributed by atoms with van der Waals surface area (Å²) in [4.78, 5) is 22.9. The minimum Gasteiger partial charge on any atom is -0.295 e. The standard InChI is InChI=1S/C12H10FNO4S/c13-19(17,18)9-4-2-1-3-8(9)12-5-7(6-12)10(15)14-11(12)16/h1-4,7H,5-6H2,(H,14,15,16). The van der Waals surface area contributed by atoms with Gasteiger partial charge in [-0.3, -0.25) is 14.9 Å². The third kappa shape index (κ3) is 1.61. The van der Waals surface area contributed by atoms with Crippen molar-refractivity contribution in [3.05, 3.63) is 29.8 Å². The van der Waals surface area contributed by atoms with E-state index in [2.05, 4.69) is 5.32 Å². The minimum absolute atomic E-state index is 0.138. The average Bonchev–Trinajstić information content (AvgIpc) is 2.26. The van der Waals surface area contributed by atoms with Crippen LogP contribution in [0.4, 0.5) is 3.89 Å². The molecule has 2 heterocycles. The van der Waals surface area contributed by atoms with Crippen LogP contribution in [0.25, 0.3) is 0 Å². The minimum atomic E-state index is -4.90. The Morgan fingerprint density at radius 3 is 2.42 bits per heavy atom. The van der Waals surface area contributed by atoms with Crippen molar-refractivity contribution in [3.8, 4) is 0 Å². The van der Waals surface area contributed by atoms with Crippen LogP contribution in [0, 0.1) is 5.92 Å². The van der Waals surface area contributed by atoms with E-state index in [0.717, 1.165) is 6.07 Å². The Labute approximate surface area is 109 Å². The quantitative estimate of drug-likeness (QED) is 0.638. The monoisotopic (exact) mass is 283 g/mol. The van der Waals surface area contributed by atoms with Crippen molar-refractivity contribution in [2.45, 2.75) is 23.2 Å². The Kier molecular flexibility index (Phi) is 2.35. The van der Waals surface area contributed by atoms with E-state index in [0.29, 0.717) is 0 Å². The average molecular weight is 283 g/mol. The SMILES string of the molecule is O=C1NC(=O)C2(c3ccccc3S(=O)(=O)F)CC1C2. The first-order valence-electron chi connectivity index (χ1n) is 5.74. The molecule has 3 aliphatic rings. The number of carbonyl (C=O) groups excluding carboxylic acids is 2. The molecule has 0 atom stereocenters. The summed E-state index contributed by atoms with van der Waals surface area (Å²) >= 11 is 0. The van der Waals surface area contributed by atoms with E-state index < -0.39 is 26.4 Å². The van der Waals surface area contributed by atoms with Gasteiger partial charge in [-0.2, -0.15) is 8.42 Å². The summed E-state index contributed by atoms with van der Waals surface area (Å²) in [6.07, 6.45) is 0.481. The van der Waals surface area contributed by atoms with Gasteiger partial charge in [-0.25, -0.2) is 0 Å². The van der Waals surface area contributed by atoms with E-state index in [4.69, 9.17) is 0 Å². The van der Waals surface area contributed by atoms with Gasteiger partial charge < -0.3 is 0 Å². The largest absolute Gasteiger partial charge is 0.332 e. The van der Waals surface area contributed by atoms with Gasteiger partial charge in [-0.05, 0) is 24.5 Å². The molecule has 1 aliphatic carbocycles. The number of nitrogens with one attached hydrogen (secondary N) is 1. The number of hydrogen-bond acceptors (Lipinski definition) is 4. The van der Waals surface area contributed by atoms with Gasteiger partial charge in [-0.15, -0.1) is 3.89 Å². The molecule has 7 heteroatoms. The molecule has 0 unspecified atom stereocenters. The molecule has 2 amide bonds. The maximum absolute atomic E-state index is 13.3. The maximum Gasteiger partial charge on any atom is 0.332 e. The first-order chi connectivity index (χ1) is 8.84. The van der Waals surface area contributed by atoms with E-state index in [1.165, 1.54) is 12.1 Å². The number of hydrogen-bond donors (Lipinski definition) is 1. The summed E-state index contributed by atoms with van der Waals surface area (Å²) in [6, 6.07) is 5.51. The summed E-state index contributed by atoms with van der Waals surface area (Å²) in [6.45, 7) is 0. The third-order valence-electron chi connectivity index (χ3n) is 3.90. The summed E-state index contributed by atoms with van der Waals surface area (Å²) < 4.78 is 35.6. The Morgan fingerprint density at radius 1 is 1.21 bits per heavy atom. The lowest BCUT2D eigenvalue weighted by atomic mass is 9.55. The molecule has 0 radical (unpaired) electrons. The number of fused-ring (bicyclic) bond motifs is 2. The van der Waals surface area contributed by atoms with Crippen molar-refractivity contribution in [1.82, 2.24) is 5.32 Å². The van der Waals surface area contributed by atoms with Crippen LogP contribution in [0.5, 0.6) is 0 Å². The molecule has 0 spiro atoms. The number of halogens is 1. The molecule has 1 N–H and O–H groups in total. The Morgan fingerprint density at radius 2 is 1.84 bits per heavy atom. The lowest BCUT2D eigenvalue weighted by molar-refractivity contribution is -0.151. The van der Waals surface area contributed by atoms with Crippen molar-refractivity contribution in [2.24, 2.45) is 5.92 Å². The first kappa shape index (κ1) is 12.3. The van der Waals surface area contributed by atoms with Crippen molar-refractivity contribution < 1.29 is 21.9 Å². The highest BCUT2D eigenvalue weighted by molar-refractivity contribution is 7.86. The van der Waals surface area contributed by atoms with Crippen LogP contribution in [-0.2, 0) is 25.2 Å². The molecule has 1 aromatic carbocycles. The molecule has 2 saturated heterocycles. The zero-order valence-electron chi connectivity index (χ0n) is 9.72. The van der Waals surface area contributed by atoms with Crippen molar-refractivity contribution in [3.63, 3.8) is 0 Å². The first-order valence-corrected chi connectivity index (χ1v) is 7.12. The number of piperidine rings is 2. The van der Waals surface area contributed by atoms with E-state index in [1.54, 1.807) is 6.07 Å². The summed E-state index contributed by atoms with van der Waals surface area (Å²) in [5.41, 5.74) is -0.951. The van der Waals surface area contributed by atoms with Gasteiger partial charge in [0.05, 0.1) is 5.41 Å². The van der Waals surface area contributed by atoms with Crippen molar-refractivity contribution >= 4 is 22.0 Å². The number of imide groups is 1. The molecule has 1 saturated carbocycles. The molecule has 1 aromatic rings. The van der Waals surface area contributed by atoms with Crippen LogP contribution in [-0.4, -0.2) is 20.2 Å². The maximum atomic E-state index is 13.3. The normalized spacial score (nSPS) is 29.6. The van der Waals surface area contributed by atoms with E-state index in [1.807, 2.05) is 0 Å². The highest BCUT2D eigenvalue weighted by atomic mass is 32.3. The van der Waals surface area contributed by atoms with Gasteiger partial charge >= 0.3 is 10.2 Å². The zero-order valence-corrected chi connectivity index (χ0v) is 10.5. The summed E-state index contributed by atoms with van der Waals surface area (Å²) in [5.74, 6) is -1.18. The molecule has 5 nitrogen and oxygen atoms in total. The smallest absolute Gasteiger partial charge is 0.295 e. The molecule has 0 aromatic heterocycles. The topological polar surface area (TPSA) is 80.3 Å². The van der Waals surface area contributed by atoms with Gasteiger partial charge in [-0.1, -0.05) is 18.2 Å². The molecule has 2 bridgehead atoms. The Balaban J connectivity index is 2.15. The van der Waals surface area contributed by atoms with E-state index in [9.17, 15) is 21.9 Å². The fourth-order valence-corrected chi connectivity index (χ4v) is 3.67. The number of benzene rings is 1. The lowest BCUT2D eigenvalue weighted by Crippen LogP contribution is -2.64. The van der Waals surface area contributed by atoms with E-state index in [-0.39, 0.29) is 30.2 Å². The van der Waals surface area contributed by atoms with Gasteiger partial charge in [0.2, 0.25) is 11.8 Å². The summed E-state index contributed by atoms with van der Waals surface area (Å²) in [5, 5.41) is 2.20. The van der Waals surface area contributed by atoms with Crippen LogP contribution >= 0.6 is 0 Å². The molecular weight excluding hydrogens is 273 g/mol. The molecule has 19 heavy (non-hydrogen) atoms. The predicted molar refractivity (Wildman–Crippen MR) is 62.3 cm³/mol. The molecule has 3 fully saturated rings. The third-order valence-corrected chi connectivity index (χ3v) is 4.78. The van der Waals surface area contributed by atoms with Crippen LogP contribution in [0.3, 0.4) is 0 Å². The molecule has 100 valence electrons. The lowest BCUT2D eigenvalue weighted by Gasteiger charge is -2.50. The van der Waals surface area contributed by atoms with Gasteiger partial charge in [0.1, 0.15) is 4.90 Å². The second-order valence-corrected chi connectivity index (χ2v) is 6.26. The molecule has 2 aliphatic heterocycles. The zero-order chi connectivity index (χ0) is 13.8. The van der Waals surface area contributed by atoms with Crippen LogP contribution in [0.15, 0.2) is 29.2 Å². The van der Waals surface area contributed by atoms with Gasteiger partial charge in [0.25, 0.3) is 0 Å². The van der Waals surface area contributed by atoms with Crippen LogP contribution in [0.2, 0.25) is 0 Å². The Bertz CT molecular complexity index is 691. The fraction of sp³-hybridized carbons (Fsp3) is 0.333. The number of amides is 2. The highest BCUT2D eigenvalue weighted by Gasteiger charge is 2.59. The molecular formula is C12H10FNO4S. The van der Waals surface area contributed by atoms with Gasteiger partial charge in [0.15, 0.2) is 0 Å².